The lowest BCUT2D eigenvalue weighted by atomic mass is 10.4. The molecule has 0 heterocycles. The van der Waals surface area contributed by atoms with E-state index in [1.807, 2.05) is 0 Å². The second-order valence-corrected chi connectivity index (χ2v) is 5.88. The zero-order valence-electron chi connectivity index (χ0n) is 9.62. The third-order valence-electron chi connectivity index (χ3n) is 1.94. The van der Waals surface area contributed by atoms with Gasteiger partial charge < -0.3 is 19.7 Å². The van der Waals surface area contributed by atoms with Crippen molar-refractivity contribution in [2.45, 2.75) is 12.2 Å². The van der Waals surface area contributed by atoms with E-state index in [1.165, 1.54) is 0 Å². The van der Waals surface area contributed by atoms with Gasteiger partial charge in [-0.3, -0.25) is 0 Å². The van der Waals surface area contributed by atoms with Crippen molar-refractivity contribution < 1.29 is 19.7 Å². The minimum absolute atomic E-state index is 0.128. The molecule has 0 amide bonds. The summed E-state index contributed by atoms with van der Waals surface area (Å²) in [5.74, 6) is 0.452. The zero-order valence-corrected chi connectivity index (χ0v) is 14.3. The summed E-state index contributed by atoms with van der Waals surface area (Å²) in [6, 6.07) is 0. The fourth-order valence-electron chi connectivity index (χ4n) is 0.831. The highest BCUT2D eigenvalue weighted by molar-refractivity contribution is 9.14. The summed E-state index contributed by atoms with van der Waals surface area (Å²) in [5, 5.41) is 17.8. The zero-order chi connectivity index (χ0) is 14.0. The molecule has 2 atom stereocenters. The summed E-state index contributed by atoms with van der Waals surface area (Å²) >= 11 is 17.8. The lowest BCUT2D eigenvalue weighted by molar-refractivity contribution is 0.0372. The molecule has 0 rings (SSSR count). The van der Waals surface area contributed by atoms with Crippen molar-refractivity contribution in [1.82, 2.24) is 0 Å². The van der Waals surface area contributed by atoms with E-state index in [0.29, 0.717) is 0 Å². The third kappa shape index (κ3) is 8.32. The molecular weight excluding hydrogens is 415 g/mol. The first-order valence-corrected chi connectivity index (χ1v) is 7.84. The summed E-state index contributed by atoms with van der Waals surface area (Å²) < 4.78 is 12.2. The van der Waals surface area contributed by atoms with Crippen molar-refractivity contribution >= 4 is 55.1 Å². The summed E-state index contributed by atoms with van der Waals surface area (Å²) in [5.41, 5.74) is 0. The molecule has 0 spiro atoms. The van der Waals surface area contributed by atoms with Crippen LogP contribution in [0.3, 0.4) is 0 Å². The van der Waals surface area contributed by atoms with E-state index in [-0.39, 0.29) is 38.2 Å². The molecule has 2 N–H and O–H groups in total. The Kier molecular flexibility index (Phi) is 12.6. The van der Waals surface area contributed by atoms with Crippen molar-refractivity contribution in [1.29, 1.82) is 0 Å². The summed E-state index contributed by atoms with van der Waals surface area (Å²) in [6.07, 6.45) is -0.790. The van der Waals surface area contributed by atoms with Gasteiger partial charge in [-0.15, -0.1) is 23.2 Å². The number of aliphatic hydroxyl groups excluding tert-OH is 2. The molecular formula is C10H16Br2Cl2O4. The van der Waals surface area contributed by atoms with Gasteiger partial charge >= 0.3 is 0 Å². The maximum Gasteiger partial charge on any atom is 0.0945 e. The van der Waals surface area contributed by atoms with E-state index in [9.17, 15) is 0 Å². The Morgan fingerprint density at radius 1 is 0.889 bits per heavy atom. The van der Waals surface area contributed by atoms with Gasteiger partial charge in [0.25, 0.3) is 0 Å². The number of hydrogen-bond donors (Lipinski definition) is 2. The van der Waals surface area contributed by atoms with E-state index in [1.54, 1.807) is 0 Å². The smallest absolute Gasteiger partial charge is 0.0945 e. The quantitative estimate of drug-likeness (QED) is 0.522. The van der Waals surface area contributed by atoms with Crippen LogP contribution in [-0.2, 0) is 9.47 Å². The lowest BCUT2D eigenvalue weighted by Crippen LogP contribution is -2.21. The number of aliphatic hydroxyl groups is 2. The molecule has 0 aliphatic carbocycles. The monoisotopic (exact) mass is 428 g/mol. The Labute approximate surface area is 133 Å². The van der Waals surface area contributed by atoms with Crippen molar-refractivity contribution in [3.63, 3.8) is 0 Å². The maximum atomic E-state index is 8.90. The fraction of sp³-hybridized carbons (Fsp3) is 0.800. The second kappa shape index (κ2) is 11.9. The average Bonchev–Trinajstić information content (AvgIpc) is 2.40. The highest BCUT2D eigenvalue weighted by atomic mass is 79.9. The summed E-state index contributed by atoms with van der Waals surface area (Å²) in [7, 11) is 0. The number of halogens is 4. The molecule has 8 heteroatoms. The minimum atomic E-state index is -0.395. The molecule has 18 heavy (non-hydrogen) atoms. The molecule has 0 aliphatic rings. The first-order chi connectivity index (χ1) is 8.58. The van der Waals surface area contributed by atoms with Gasteiger partial charge in [0.2, 0.25) is 0 Å². The highest BCUT2D eigenvalue weighted by Crippen LogP contribution is 2.20. The standard InChI is InChI=1S/C10H16Br2Cl2O4/c11-9(5-17-7(1-13)3-15)10(12)6-18-8(2-14)4-16/h7-8,15-16H,1-6H2/b10-9+. The van der Waals surface area contributed by atoms with Gasteiger partial charge in [-0.1, -0.05) is 31.9 Å². The van der Waals surface area contributed by atoms with Gasteiger partial charge in [0.15, 0.2) is 0 Å². The van der Waals surface area contributed by atoms with Crippen LogP contribution in [0, 0.1) is 0 Å². The van der Waals surface area contributed by atoms with Crippen LogP contribution in [0.2, 0.25) is 0 Å². The van der Waals surface area contributed by atoms with Gasteiger partial charge in [-0.2, -0.15) is 0 Å². The average molecular weight is 431 g/mol. The van der Waals surface area contributed by atoms with E-state index in [0.717, 1.165) is 8.96 Å². The molecule has 108 valence electrons. The molecule has 0 aromatic rings. The van der Waals surface area contributed by atoms with Crippen LogP contribution in [0.1, 0.15) is 0 Å². The van der Waals surface area contributed by atoms with Gasteiger partial charge in [0, 0.05) is 8.96 Å². The summed E-state index contributed by atoms with van der Waals surface area (Å²) in [6.45, 7) is 0.284. The van der Waals surface area contributed by atoms with E-state index < -0.39 is 12.2 Å². The van der Waals surface area contributed by atoms with Crippen molar-refractivity contribution in [3.05, 3.63) is 8.96 Å². The first kappa shape index (κ1) is 19.1. The highest BCUT2D eigenvalue weighted by Gasteiger charge is 2.10. The SMILES string of the molecule is OCC(CCl)OC/C(Br)=C(\Br)COC(CO)CCl. The molecule has 0 fully saturated rings. The number of rotatable bonds is 10. The topological polar surface area (TPSA) is 58.9 Å². The Morgan fingerprint density at radius 3 is 1.44 bits per heavy atom. The Morgan fingerprint density at radius 2 is 1.22 bits per heavy atom. The molecule has 2 unspecified atom stereocenters. The van der Waals surface area contributed by atoms with Crippen LogP contribution in [0.15, 0.2) is 8.96 Å². The largest absolute Gasteiger partial charge is 0.394 e. The van der Waals surface area contributed by atoms with Crippen LogP contribution >= 0.6 is 55.1 Å². The number of alkyl halides is 2. The predicted octanol–water partition coefficient (Wildman–Crippen LogP) is 2.22. The van der Waals surface area contributed by atoms with Crippen molar-refractivity contribution in [2.24, 2.45) is 0 Å². The van der Waals surface area contributed by atoms with Gasteiger partial charge in [0.05, 0.1) is 50.4 Å². The van der Waals surface area contributed by atoms with Gasteiger partial charge in [-0.05, 0) is 0 Å². The normalized spacial score (nSPS) is 16.3. The van der Waals surface area contributed by atoms with Crippen LogP contribution in [0.5, 0.6) is 0 Å². The Bertz CT molecular complexity index is 222. The number of hydrogen-bond acceptors (Lipinski definition) is 4. The van der Waals surface area contributed by atoms with Crippen molar-refractivity contribution in [2.75, 3.05) is 38.2 Å². The lowest BCUT2D eigenvalue weighted by Gasteiger charge is -2.14. The Balaban J connectivity index is 4.09. The fourth-order valence-corrected chi connectivity index (χ4v) is 1.70. The van der Waals surface area contributed by atoms with Crippen molar-refractivity contribution in [3.8, 4) is 0 Å². The minimum Gasteiger partial charge on any atom is -0.394 e. The molecule has 0 aromatic carbocycles. The van der Waals surface area contributed by atoms with Crippen LogP contribution < -0.4 is 0 Å². The van der Waals surface area contributed by atoms with E-state index in [4.69, 9.17) is 42.9 Å². The summed E-state index contributed by atoms with van der Waals surface area (Å²) in [4.78, 5) is 0. The molecule has 0 aliphatic heterocycles. The molecule has 0 radical (unpaired) electrons. The van der Waals surface area contributed by atoms with E-state index in [2.05, 4.69) is 31.9 Å². The molecule has 0 bridgehead atoms. The molecule has 0 saturated heterocycles. The van der Waals surface area contributed by atoms with E-state index >= 15 is 0 Å². The molecule has 0 saturated carbocycles. The van der Waals surface area contributed by atoms with Gasteiger partial charge in [0.1, 0.15) is 0 Å². The molecule has 4 nitrogen and oxygen atoms in total. The van der Waals surface area contributed by atoms with Gasteiger partial charge in [-0.25, -0.2) is 0 Å². The first-order valence-electron chi connectivity index (χ1n) is 5.18. The third-order valence-corrected chi connectivity index (χ3v) is 4.57. The van der Waals surface area contributed by atoms with Crippen LogP contribution in [0.25, 0.3) is 0 Å². The number of ether oxygens (including phenoxy) is 2. The Hall–Kier alpha value is 1.12. The second-order valence-electron chi connectivity index (χ2n) is 3.35. The maximum absolute atomic E-state index is 8.90. The molecule has 0 aromatic heterocycles. The predicted molar refractivity (Wildman–Crippen MR) is 80.0 cm³/mol. The van der Waals surface area contributed by atoms with Crippen LogP contribution in [0.4, 0.5) is 0 Å². The van der Waals surface area contributed by atoms with Crippen LogP contribution in [-0.4, -0.2) is 60.6 Å².